The molecule has 1 aliphatic rings. The highest BCUT2D eigenvalue weighted by atomic mass is 35.5. The van der Waals surface area contributed by atoms with Crippen molar-refractivity contribution in [3.8, 4) is 11.5 Å². The standard InChI is InChI=1S/C23H25ClFN3O3.C3H6/c1-4-28(2)11-5-6-23(29)27-20-13-16-19(14-22(20)30-3)26-10-9-21(16)31-15-7-8-18(25)17(24)12-15;1-3-2/h5-7,9-10,12-14,18H,4,8,11H2,1-3H3,(H,27,29);3H,1H2,2H3/b6-5+;. The summed E-state index contributed by atoms with van der Waals surface area (Å²) in [4.78, 5) is 18.8. The minimum Gasteiger partial charge on any atom is -0.494 e. The van der Waals surface area contributed by atoms with Crippen molar-refractivity contribution >= 4 is 34.1 Å². The quantitative estimate of drug-likeness (QED) is 0.365. The number of methoxy groups -OCH3 is 1. The highest BCUT2D eigenvalue weighted by Gasteiger charge is 2.18. The van der Waals surface area contributed by atoms with Crippen LogP contribution in [0.4, 0.5) is 10.1 Å². The van der Waals surface area contributed by atoms with Gasteiger partial charge in [0.15, 0.2) is 0 Å². The Morgan fingerprint density at radius 3 is 2.79 bits per heavy atom. The van der Waals surface area contributed by atoms with Gasteiger partial charge >= 0.3 is 0 Å². The highest BCUT2D eigenvalue weighted by molar-refractivity contribution is 6.30. The molecule has 0 saturated carbocycles. The third-order valence-corrected chi connectivity index (χ3v) is 5.19. The number of alkyl halides is 1. The SMILES string of the molecule is C=CC.CCN(C)C/C=C/C(=O)Nc1cc2c(OC3=CCC(F)C(Cl)=C3)ccnc2cc1OC. The summed E-state index contributed by atoms with van der Waals surface area (Å²) in [5.41, 5.74) is 1.11. The zero-order chi connectivity index (χ0) is 25.1. The molecule has 1 amide bonds. The fourth-order valence-electron chi connectivity index (χ4n) is 2.96. The lowest BCUT2D eigenvalue weighted by molar-refractivity contribution is -0.111. The average Bonchev–Trinajstić information content (AvgIpc) is 2.81. The monoisotopic (exact) mass is 487 g/mol. The van der Waals surface area contributed by atoms with Crippen molar-refractivity contribution in [2.75, 3.05) is 32.6 Å². The Balaban J connectivity index is 0.00000129. The molecule has 1 aromatic heterocycles. The fourth-order valence-corrected chi connectivity index (χ4v) is 3.16. The van der Waals surface area contributed by atoms with E-state index in [-0.39, 0.29) is 17.4 Å². The third-order valence-electron chi connectivity index (χ3n) is 4.84. The van der Waals surface area contributed by atoms with E-state index in [1.165, 1.54) is 19.3 Å². The Labute approximate surface area is 205 Å². The van der Waals surface area contributed by atoms with E-state index in [4.69, 9.17) is 21.1 Å². The average molecular weight is 488 g/mol. The highest BCUT2D eigenvalue weighted by Crippen LogP contribution is 2.35. The molecule has 0 aliphatic heterocycles. The van der Waals surface area contributed by atoms with Gasteiger partial charge in [-0.05, 0) is 44.8 Å². The number of anilines is 1. The van der Waals surface area contributed by atoms with Gasteiger partial charge in [0.25, 0.3) is 0 Å². The van der Waals surface area contributed by atoms with Crippen molar-refractivity contribution in [3.05, 3.63) is 72.1 Å². The van der Waals surface area contributed by atoms with Crippen LogP contribution in [-0.4, -0.2) is 49.2 Å². The second kappa shape index (κ2) is 13.5. The second-order valence-corrected chi connectivity index (χ2v) is 7.91. The Kier molecular flexibility index (Phi) is 10.8. The number of carbonyl (C=O) groups is 1. The number of ether oxygens (including phenoxy) is 2. The summed E-state index contributed by atoms with van der Waals surface area (Å²) in [5, 5.41) is 3.61. The molecule has 0 spiro atoms. The van der Waals surface area contributed by atoms with Crippen LogP contribution >= 0.6 is 11.6 Å². The lowest BCUT2D eigenvalue weighted by Crippen LogP contribution is -2.17. The van der Waals surface area contributed by atoms with Crippen LogP contribution < -0.4 is 14.8 Å². The number of aromatic nitrogens is 1. The largest absolute Gasteiger partial charge is 0.494 e. The van der Waals surface area contributed by atoms with Crippen LogP contribution in [0.25, 0.3) is 10.9 Å². The first-order valence-corrected chi connectivity index (χ1v) is 11.3. The summed E-state index contributed by atoms with van der Waals surface area (Å²) in [6.45, 7) is 8.86. The molecule has 0 fully saturated rings. The number of nitrogens with one attached hydrogen (secondary N) is 1. The maximum Gasteiger partial charge on any atom is 0.248 e. The first-order valence-electron chi connectivity index (χ1n) is 10.9. The van der Waals surface area contributed by atoms with E-state index in [1.807, 2.05) is 20.9 Å². The van der Waals surface area contributed by atoms with E-state index in [9.17, 15) is 9.18 Å². The molecule has 1 unspecified atom stereocenters. The van der Waals surface area contributed by atoms with Gasteiger partial charge in [0.05, 0.1) is 23.3 Å². The first-order chi connectivity index (χ1) is 16.3. The Morgan fingerprint density at radius 1 is 1.41 bits per heavy atom. The maximum absolute atomic E-state index is 13.6. The summed E-state index contributed by atoms with van der Waals surface area (Å²) >= 11 is 5.92. The number of hydrogen-bond acceptors (Lipinski definition) is 5. The van der Waals surface area contributed by atoms with Crippen LogP contribution in [0.1, 0.15) is 20.3 Å². The Bertz CT molecular complexity index is 1100. The van der Waals surface area contributed by atoms with Crippen LogP contribution in [-0.2, 0) is 4.79 Å². The Morgan fingerprint density at radius 2 is 2.15 bits per heavy atom. The number of pyridine rings is 1. The molecule has 1 N–H and O–H groups in total. The topological polar surface area (TPSA) is 63.7 Å². The molecule has 1 heterocycles. The molecule has 0 radical (unpaired) electrons. The molecule has 0 saturated heterocycles. The van der Waals surface area contributed by atoms with Crippen molar-refractivity contribution in [1.29, 1.82) is 0 Å². The summed E-state index contributed by atoms with van der Waals surface area (Å²) in [6.07, 6.45) is 8.70. The molecule has 3 rings (SSSR count). The van der Waals surface area contributed by atoms with Gasteiger partial charge in [-0.1, -0.05) is 30.7 Å². The van der Waals surface area contributed by atoms with Crippen LogP contribution in [0.5, 0.6) is 11.5 Å². The van der Waals surface area contributed by atoms with Crippen LogP contribution in [0, 0.1) is 0 Å². The van der Waals surface area contributed by atoms with E-state index in [0.717, 1.165) is 6.54 Å². The van der Waals surface area contributed by atoms with Gasteiger partial charge < -0.3 is 19.7 Å². The number of nitrogens with zero attached hydrogens (tertiary/aromatic N) is 2. The number of likely N-dealkylation sites (N-methyl/N-ethyl adjacent to an activating group) is 1. The molecule has 8 heteroatoms. The smallest absolute Gasteiger partial charge is 0.248 e. The number of rotatable bonds is 8. The molecule has 1 aromatic carbocycles. The number of carbonyl (C=O) groups excluding carboxylic acids is 1. The number of amides is 1. The van der Waals surface area contributed by atoms with Crippen LogP contribution in [0.15, 0.2) is 72.1 Å². The van der Waals surface area contributed by atoms with Crippen molar-refractivity contribution in [3.63, 3.8) is 0 Å². The summed E-state index contributed by atoms with van der Waals surface area (Å²) in [6, 6.07) is 5.17. The van der Waals surface area contributed by atoms with E-state index >= 15 is 0 Å². The van der Waals surface area contributed by atoms with Gasteiger partial charge in [-0.2, -0.15) is 0 Å². The van der Waals surface area contributed by atoms with Crippen molar-refractivity contribution in [1.82, 2.24) is 9.88 Å². The molecular formula is C26H31ClFN3O3. The molecule has 1 aliphatic carbocycles. The van der Waals surface area contributed by atoms with E-state index in [0.29, 0.717) is 40.4 Å². The zero-order valence-corrected chi connectivity index (χ0v) is 20.7. The minimum atomic E-state index is -1.21. The van der Waals surface area contributed by atoms with Gasteiger partial charge in [-0.25, -0.2) is 4.39 Å². The molecular weight excluding hydrogens is 457 g/mol. The second-order valence-electron chi connectivity index (χ2n) is 7.47. The Hall–Kier alpha value is -3.16. The first kappa shape index (κ1) is 27.1. The lowest BCUT2D eigenvalue weighted by atomic mass is 10.1. The zero-order valence-electron chi connectivity index (χ0n) is 20.0. The maximum atomic E-state index is 13.6. The number of hydrogen-bond donors (Lipinski definition) is 1. The van der Waals surface area contributed by atoms with Crippen molar-refractivity contribution < 1.29 is 18.7 Å². The minimum absolute atomic E-state index is 0.103. The van der Waals surface area contributed by atoms with Crippen LogP contribution in [0.3, 0.4) is 0 Å². The van der Waals surface area contributed by atoms with Crippen LogP contribution in [0.2, 0.25) is 0 Å². The number of benzene rings is 1. The predicted molar refractivity (Wildman–Crippen MR) is 137 cm³/mol. The molecule has 182 valence electrons. The van der Waals surface area contributed by atoms with Gasteiger partial charge in [0, 0.05) is 36.7 Å². The van der Waals surface area contributed by atoms with Crippen molar-refractivity contribution in [2.24, 2.45) is 0 Å². The molecule has 34 heavy (non-hydrogen) atoms. The summed E-state index contributed by atoms with van der Waals surface area (Å²) in [7, 11) is 3.50. The third kappa shape index (κ3) is 7.71. The van der Waals surface area contributed by atoms with E-state index < -0.39 is 6.17 Å². The lowest BCUT2D eigenvalue weighted by Gasteiger charge is -2.16. The number of halogens is 2. The van der Waals surface area contributed by atoms with E-state index in [1.54, 1.807) is 42.6 Å². The summed E-state index contributed by atoms with van der Waals surface area (Å²) in [5.74, 6) is 1.17. The molecule has 1 atom stereocenters. The van der Waals surface area contributed by atoms with E-state index in [2.05, 4.69) is 21.8 Å². The van der Waals surface area contributed by atoms with Gasteiger partial charge in [0.1, 0.15) is 23.4 Å². The summed E-state index contributed by atoms with van der Waals surface area (Å²) < 4.78 is 24.9. The van der Waals surface area contributed by atoms with Gasteiger partial charge in [-0.3, -0.25) is 9.78 Å². The number of allylic oxidation sites excluding steroid dienone is 4. The molecule has 6 nitrogen and oxygen atoms in total. The molecule has 0 bridgehead atoms. The number of fused-ring (bicyclic) bond motifs is 1. The van der Waals surface area contributed by atoms with Crippen molar-refractivity contribution in [2.45, 2.75) is 26.4 Å². The predicted octanol–water partition coefficient (Wildman–Crippen LogP) is 6.01. The van der Waals surface area contributed by atoms with Gasteiger partial charge in [-0.15, -0.1) is 6.58 Å². The van der Waals surface area contributed by atoms with Gasteiger partial charge in [0.2, 0.25) is 5.91 Å². The normalized spacial score (nSPS) is 15.3. The molecule has 2 aromatic rings. The fraction of sp³-hybridized carbons (Fsp3) is 0.308.